The van der Waals surface area contributed by atoms with Gasteiger partial charge in [0.05, 0.1) is 6.42 Å². The first kappa shape index (κ1) is 16.3. The highest BCUT2D eigenvalue weighted by Crippen LogP contribution is 2.35. The minimum atomic E-state index is -1.26. The van der Waals surface area contributed by atoms with Crippen LogP contribution in [0, 0.1) is 5.92 Å². The van der Waals surface area contributed by atoms with Crippen molar-refractivity contribution in [2.45, 2.75) is 51.7 Å². The van der Waals surface area contributed by atoms with Crippen LogP contribution in [0.3, 0.4) is 0 Å². The van der Waals surface area contributed by atoms with Crippen LogP contribution in [0.4, 0.5) is 0 Å². The van der Waals surface area contributed by atoms with Crippen LogP contribution in [0.5, 0.6) is 0 Å². The molecule has 1 N–H and O–H groups in total. The molecule has 6 nitrogen and oxygen atoms in total. The monoisotopic (exact) mass is 308 g/mol. The summed E-state index contributed by atoms with van der Waals surface area (Å²) in [5.41, 5.74) is -0.751. The molecular formula is C16H20O6. The Morgan fingerprint density at radius 1 is 1.45 bits per heavy atom. The molecule has 0 unspecified atom stereocenters. The van der Waals surface area contributed by atoms with Crippen LogP contribution in [0.25, 0.3) is 0 Å². The van der Waals surface area contributed by atoms with Gasteiger partial charge in [-0.15, -0.1) is 0 Å². The number of aliphatic carboxylic acids is 1. The molecule has 3 atom stereocenters. The number of hydrogen-bond donors (Lipinski definition) is 1. The number of rotatable bonds is 5. The molecule has 0 saturated carbocycles. The predicted molar refractivity (Wildman–Crippen MR) is 76.9 cm³/mol. The van der Waals surface area contributed by atoms with Gasteiger partial charge in [0, 0.05) is 0 Å². The normalized spacial score (nSPS) is 32.0. The van der Waals surface area contributed by atoms with Gasteiger partial charge in [-0.2, -0.15) is 0 Å². The van der Waals surface area contributed by atoms with Gasteiger partial charge in [0.2, 0.25) is 5.78 Å². The topological polar surface area (TPSA) is 89.9 Å². The number of carboxylic acids is 1. The molecule has 22 heavy (non-hydrogen) atoms. The fourth-order valence-corrected chi connectivity index (χ4v) is 2.67. The van der Waals surface area contributed by atoms with Crippen LogP contribution in [0.1, 0.15) is 40.0 Å². The predicted octanol–water partition coefficient (Wildman–Crippen LogP) is 1.99. The Hall–Kier alpha value is -2.11. The van der Waals surface area contributed by atoms with Crippen molar-refractivity contribution in [2.75, 3.05) is 0 Å². The lowest BCUT2D eigenvalue weighted by Crippen LogP contribution is -2.25. The molecule has 1 saturated heterocycles. The lowest BCUT2D eigenvalue weighted by Gasteiger charge is -2.26. The minimum Gasteiger partial charge on any atom is -0.482 e. The van der Waals surface area contributed by atoms with E-state index in [0.717, 1.165) is 12.8 Å². The van der Waals surface area contributed by atoms with E-state index in [1.807, 2.05) is 13.0 Å². The van der Waals surface area contributed by atoms with Crippen LogP contribution >= 0.6 is 0 Å². The molecule has 0 aromatic heterocycles. The molecule has 0 radical (unpaired) electrons. The van der Waals surface area contributed by atoms with E-state index in [-0.39, 0.29) is 11.3 Å². The van der Waals surface area contributed by atoms with Gasteiger partial charge < -0.3 is 14.6 Å². The lowest BCUT2D eigenvalue weighted by molar-refractivity contribution is -0.147. The van der Waals surface area contributed by atoms with Crippen molar-refractivity contribution in [1.29, 1.82) is 0 Å². The van der Waals surface area contributed by atoms with Gasteiger partial charge in [-0.05, 0) is 31.4 Å². The molecule has 2 heterocycles. The van der Waals surface area contributed by atoms with E-state index >= 15 is 0 Å². The van der Waals surface area contributed by atoms with E-state index < -0.39 is 35.8 Å². The molecule has 0 aromatic rings. The fourth-order valence-electron chi connectivity index (χ4n) is 2.67. The van der Waals surface area contributed by atoms with Crippen LogP contribution < -0.4 is 0 Å². The van der Waals surface area contributed by atoms with Gasteiger partial charge in [0.25, 0.3) is 0 Å². The first-order chi connectivity index (χ1) is 10.3. The van der Waals surface area contributed by atoms with E-state index in [0.29, 0.717) is 5.92 Å². The van der Waals surface area contributed by atoms with Gasteiger partial charge >= 0.3 is 11.9 Å². The number of carbonyl (C=O) groups is 3. The summed E-state index contributed by atoms with van der Waals surface area (Å²) in [6.07, 6.45) is 3.40. The van der Waals surface area contributed by atoms with Crippen molar-refractivity contribution in [3.05, 3.63) is 23.5 Å². The molecule has 2 aliphatic rings. The zero-order valence-corrected chi connectivity index (χ0v) is 12.9. The van der Waals surface area contributed by atoms with Crippen molar-refractivity contribution in [1.82, 2.24) is 0 Å². The minimum absolute atomic E-state index is 0.175. The number of carbonyl (C=O) groups excluding carboxylic acids is 2. The van der Waals surface area contributed by atoms with Gasteiger partial charge in [-0.1, -0.05) is 20.3 Å². The van der Waals surface area contributed by atoms with Crippen molar-refractivity contribution < 1.29 is 29.0 Å². The summed E-state index contributed by atoms with van der Waals surface area (Å²) < 4.78 is 10.6. The standard InChI is InChI=1S/C16H20O6/c1-4-9(2)8-16(3)6-5-10(22-16)13-14(19)11(7-12(17)18)21-15(13)20/h5-6,9,11H,4,7-8H2,1-3H3,(H,17,18)/b13-10+/t9-,11-,16-/m1/s1. The second-order valence-electron chi connectivity index (χ2n) is 6.06. The van der Waals surface area contributed by atoms with Crippen LogP contribution in [-0.4, -0.2) is 34.5 Å². The highest BCUT2D eigenvalue weighted by Gasteiger charge is 2.44. The van der Waals surface area contributed by atoms with Gasteiger partial charge in [0.1, 0.15) is 16.9 Å². The Bertz CT molecular complexity index is 573. The van der Waals surface area contributed by atoms with Crippen molar-refractivity contribution in [3.8, 4) is 0 Å². The molecule has 120 valence electrons. The Balaban J connectivity index is 2.19. The zero-order valence-electron chi connectivity index (χ0n) is 12.9. The Kier molecular flexibility index (Phi) is 4.39. The molecule has 0 bridgehead atoms. The third kappa shape index (κ3) is 3.21. The summed E-state index contributed by atoms with van der Waals surface area (Å²) in [5.74, 6) is -2.02. The molecule has 6 heteroatoms. The second kappa shape index (κ2) is 5.94. The van der Waals surface area contributed by atoms with Gasteiger partial charge in [-0.3, -0.25) is 9.59 Å². The number of Topliss-reactive ketones (excluding diaryl/α,β-unsaturated/α-hetero) is 1. The number of allylic oxidation sites excluding steroid dienone is 1. The first-order valence-electron chi connectivity index (χ1n) is 7.35. The fraction of sp³-hybridized carbons (Fsp3) is 0.562. The quantitative estimate of drug-likeness (QED) is 0.474. The van der Waals surface area contributed by atoms with E-state index in [1.54, 1.807) is 6.08 Å². The smallest absolute Gasteiger partial charge is 0.346 e. The average molecular weight is 308 g/mol. The number of carboxylic acid groups (broad SMARTS) is 1. The van der Waals surface area contributed by atoms with E-state index in [2.05, 4.69) is 13.8 Å². The van der Waals surface area contributed by atoms with Gasteiger partial charge in [-0.25, -0.2) is 4.79 Å². The second-order valence-corrected chi connectivity index (χ2v) is 6.06. The summed E-state index contributed by atoms with van der Waals surface area (Å²) in [6, 6.07) is 0. The van der Waals surface area contributed by atoms with E-state index in [1.165, 1.54) is 0 Å². The maximum Gasteiger partial charge on any atom is 0.346 e. The molecule has 0 amide bonds. The maximum absolute atomic E-state index is 12.1. The summed E-state index contributed by atoms with van der Waals surface area (Å²) in [5, 5.41) is 8.73. The molecule has 0 spiro atoms. The first-order valence-corrected chi connectivity index (χ1v) is 7.35. The summed E-state index contributed by atoms with van der Waals surface area (Å²) in [4.78, 5) is 34.7. The number of ether oxygens (including phenoxy) is 2. The number of cyclic esters (lactones) is 1. The molecule has 0 aliphatic carbocycles. The zero-order chi connectivity index (χ0) is 16.5. The highest BCUT2D eigenvalue weighted by atomic mass is 16.6. The number of hydrogen-bond acceptors (Lipinski definition) is 5. The Morgan fingerprint density at radius 3 is 2.73 bits per heavy atom. The highest BCUT2D eigenvalue weighted by molar-refractivity contribution is 6.24. The maximum atomic E-state index is 12.1. The summed E-state index contributed by atoms with van der Waals surface area (Å²) in [6.45, 7) is 6.08. The molecule has 1 fully saturated rings. The lowest BCUT2D eigenvalue weighted by atomic mass is 9.92. The number of esters is 1. The van der Waals surface area contributed by atoms with Gasteiger partial charge in [0.15, 0.2) is 6.10 Å². The van der Waals surface area contributed by atoms with Crippen molar-refractivity contribution in [2.24, 2.45) is 5.92 Å². The Labute approximate surface area is 128 Å². The third-order valence-corrected chi connectivity index (χ3v) is 3.98. The SMILES string of the molecule is CC[C@@H](C)C[C@@]1(C)C=C/C(=C2\C(=O)O[C@H](CC(=O)O)C2=O)O1. The third-order valence-electron chi connectivity index (χ3n) is 3.98. The van der Waals surface area contributed by atoms with Crippen molar-refractivity contribution in [3.63, 3.8) is 0 Å². The number of ketones is 1. The van der Waals surface area contributed by atoms with Crippen molar-refractivity contribution >= 4 is 17.7 Å². The molecule has 0 aromatic carbocycles. The molecule has 2 aliphatic heterocycles. The van der Waals surface area contributed by atoms with E-state index in [9.17, 15) is 14.4 Å². The Morgan fingerprint density at radius 2 is 2.14 bits per heavy atom. The summed E-state index contributed by atoms with van der Waals surface area (Å²) in [7, 11) is 0. The van der Waals surface area contributed by atoms with Crippen LogP contribution in [0.2, 0.25) is 0 Å². The molecular weight excluding hydrogens is 288 g/mol. The largest absolute Gasteiger partial charge is 0.482 e. The van der Waals surface area contributed by atoms with Crippen LogP contribution in [-0.2, 0) is 23.9 Å². The average Bonchev–Trinajstić information content (AvgIpc) is 2.90. The van der Waals surface area contributed by atoms with Crippen LogP contribution in [0.15, 0.2) is 23.5 Å². The van der Waals surface area contributed by atoms with E-state index in [4.69, 9.17) is 14.6 Å². The molecule has 2 rings (SSSR count). The summed E-state index contributed by atoms with van der Waals surface area (Å²) >= 11 is 0.